The van der Waals surface area contributed by atoms with Gasteiger partial charge in [-0.05, 0) is 12.8 Å². The molecule has 1 aromatic rings. The molecule has 2 rings (SSSR count). The van der Waals surface area contributed by atoms with Crippen LogP contribution in [0.15, 0.2) is 18.6 Å². The molecular formula is C11H17N3O3S. The minimum Gasteiger partial charge on any atom is -0.472 e. The van der Waals surface area contributed by atoms with Crippen LogP contribution in [0.2, 0.25) is 0 Å². The van der Waals surface area contributed by atoms with E-state index in [-0.39, 0.29) is 11.9 Å². The average molecular weight is 271 g/mol. The second-order valence-electron chi connectivity index (χ2n) is 4.25. The van der Waals surface area contributed by atoms with E-state index in [1.165, 1.54) is 10.5 Å². The molecule has 6 nitrogen and oxygen atoms in total. The summed E-state index contributed by atoms with van der Waals surface area (Å²) in [5, 5.41) is 0. The van der Waals surface area contributed by atoms with Gasteiger partial charge in [0.25, 0.3) is 0 Å². The number of hydrogen-bond donors (Lipinski definition) is 0. The highest BCUT2D eigenvalue weighted by molar-refractivity contribution is 7.89. The van der Waals surface area contributed by atoms with Crippen LogP contribution in [-0.4, -0.2) is 47.6 Å². The van der Waals surface area contributed by atoms with Gasteiger partial charge in [0.05, 0.1) is 18.5 Å². The van der Waals surface area contributed by atoms with Crippen molar-refractivity contribution in [3.8, 4) is 5.88 Å². The van der Waals surface area contributed by atoms with E-state index in [0.717, 1.165) is 0 Å². The molecule has 1 saturated heterocycles. The molecule has 1 atom stereocenters. The Morgan fingerprint density at radius 2 is 2.33 bits per heavy atom. The van der Waals surface area contributed by atoms with Crippen LogP contribution < -0.4 is 4.74 Å². The van der Waals surface area contributed by atoms with Crippen molar-refractivity contribution in [1.82, 2.24) is 14.3 Å². The lowest BCUT2D eigenvalue weighted by Crippen LogP contribution is -2.32. The summed E-state index contributed by atoms with van der Waals surface area (Å²) in [6.45, 7) is 2.79. The average Bonchev–Trinajstić information content (AvgIpc) is 2.79. The van der Waals surface area contributed by atoms with Gasteiger partial charge in [0.1, 0.15) is 6.10 Å². The van der Waals surface area contributed by atoms with Crippen LogP contribution in [-0.2, 0) is 10.0 Å². The van der Waals surface area contributed by atoms with Crippen LogP contribution in [0.5, 0.6) is 5.88 Å². The predicted octanol–water partition coefficient (Wildman–Crippen LogP) is 0.670. The van der Waals surface area contributed by atoms with Crippen LogP contribution in [0, 0.1) is 0 Å². The van der Waals surface area contributed by atoms with Crippen LogP contribution >= 0.6 is 0 Å². The zero-order valence-corrected chi connectivity index (χ0v) is 11.1. The van der Waals surface area contributed by atoms with Crippen molar-refractivity contribution in [2.24, 2.45) is 0 Å². The van der Waals surface area contributed by atoms with Crippen molar-refractivity contribution in [2.45, 2.75) is 25.9 Å². The zero-order chi connectivity index (χ0) is 13.0. The largest absolute Gasteiger partial charge is 0.472 e. The number of rotatable bonds is 5. The third-order valence-electron chi connectivity index (χ3n) is 2.79. The lowest BCUT2D eigenvalue weighted by atomic mass is 10.3. The SMILES string of the molecule is CCCS(=O)(=O)N1CCC(Oc2cnccn2)C1. The van der Waals surface area contributed by atoms with Crippen LogP contribution in [0.1, 0.15) is 19.8 Å². The maximum atomic E-state index is 11.9. The second kappa shape index (κ2) is 5.62. The molecule has 1 aliphatic rings. The first-order chi connectivity index (χ1) is 8.62. The van der Waals surface area contributed by atoms with Crippen molar-refractivity contribution in [2.75, 3.05) is 18.8 Å². The lowest BCUT2D eigenvalue weighted by Gasteiger charge is -2.16. The molecule has 0 saturated carbocycles. The smallest absolute Gasteiger partial charge is 0.232 e. The number of sulfonamides is 1. The number of nitrogens with zero attached hydrogens (tertiary/aromatic N) is 3. The Balaban J connectivity index is 1.93. The summed E-state index contributed by atoms with van der Waals surface area (Å²) < 4.78 is 30.8. The molecule has 0 aliphatic carbocycles. The molecule has 0 aromatic carbocycles. The minimum absolute atomic E-state index is 0.131. The van der Waals surface area contributed by atoms with E-state index >= 15 is 0 Å². The summed E-state index contributed by atoms with van der Waals surface area (Å²) in [7, 11) is -3.12. The third kappa shape index (κ3) is 3.17. The van der Waals surface area contributed by atoms with Gasteiger partial charge in [-0.25, -0.2) is 13.4 Å². The van der Waals surface area contributed by atoms with Crippen molar-refractivity contribution < 1.29 is 13.2 Å². The number of aromatic nitrogens is 2. The van der Waals surface area contributed by atoms with Crippen molar-refractivity contribution >= 4 is 10.0 Å². The Bertz CT molecular complexity index is 478. The van der Waals surface area contributed by atoms with Gasteiger partial charge in [-0.3, -0.25) is 4.98 Å². The maximum absolute atomic E-state index is 11.9. The van der Waals surface area contributed by atoms with Gasteiger partial charge in [-0.2, -0.15) is 4.31 Å². The summed E-state index contributed by atoms with van der Waals surface area (Å²) >= 11 is 0. The van der Waals surface area contributed by atoms with E-state index < -0.39 is 10.0 Å². The minimum atomic E-state index is -3.12. The second-order valence-corrected chi connectivity index (χ2v) is 6.33. The highest BCUT2D eigenvalue weighted by Crippen LogP contribution is 2.18. The topological polar surface area (TPSA) is 72.4 Å². The quantitative estimate of drug-likeness (QED) is 0.787. The first-order valence-corrected chi connectivity index (χ1v) is 7.63. The molecule has 0 N–H and O–H groups in total. The summed E-state index contributed by atoms with van der Waals surface area (Å²) in [5.41, 5.74) is 0. The zero-order valence-electron chi connectivity index (χ0n) is 10.3. The van der Waals surface area contributed by atoms with Crippen LogP contribution in [0.25, 0.3) is 0 Å². The van der Waals surface area contributed by atoms with Crippen LogP contribution in [0.3, 0.4) is 0 Å². The molecule has 7 heteroatoms. The molecule has 0 spiro atoms. The van der Waals surface area contributed by atoms with Gasteiger partial charge in [-0.15, -0.1) is 0 Å². The Morgan fingerprint density at radius 1 is 1.50 bits per heavy atom. The molecule has 0 radical (unpaired) electrons. The van der Waals surface area contributed by atoms with Gasteiger partial charge in [0, 0.05) is 18.9 Å². The van der Waals surface area contributed by atoms with E-state index in [2.05, 4.69) is 9.97 Å². The number of ether oxygens (including phenoxy) is 1. The van der Waals surface area contributed by atoms with Gasteiger partial charge in [0.2, 0.25) is 15.9 Å². The Hall–Kier alpha value is -1.21. The molecular weight excluding hydrogens is 254 g/mol. The summed E-state index contributed by atoms with van der Waals surface area (Å²) in [6, 6.07) is 0. The van der Waals surface area contributed by atoms with E-state index in [1.54, 1.807) is 12.4 Å². The molecule has 0 amide bonds. The first-order valence-electron chi connectivity index (χ1n) is 6.02. The summed E-state index contributed by atoms with van der Waals surface area (Å²) in [6.07, 6.45) is 5.85. The molecule has 1 aromatic heterocycles. The van der Waals surface area contributed by atoms with Crippen molar-refractivity contribution in [3.05, 3.63) is 18.6 Å². The van der Waals surface area contributed by atoms with Gasteiger partial charge in [-0.1, -0.05) is 6.92 Å². The van der Waals surface area contributed by atoms with Crippen LogP contribution in [0.4, 0.5) is 0 Å². The molecule has 1 unspecified atom stereocenters. The molecule has 0 bridgehead atoms. The first kappa shape index (κ1) is 13.2. The normalized spacial score (nSPS) is 21.1. The fraction of sp³-hybridized carbons (Fsp3) is 0.636. The maximum Gasteiger partial charge on any atom is 0.232 e. The van der Waals surface area contributed by atoms with E-state index in [0.29, 0.717) is 31.8 Å². The Labute approximate surface area is 107 Å². The molecule has 1 aliphatic heterocycles. The highest BCUT2D eigenvalue weighted by atomic mass is 32.2. The van der Waals surface area contributed by atoms with Crippen molar-refractivity contribution in [1.29, 1.82) is 0 Å². The number of hydrogen-bond acceptors (Lipinski definition) is 5. The summed E-state index contributed by atoms with van der Waals surface area (Å²) in [4.78, 5) is 7.92. The van der Waals surface area contributed by atoms with Gasteiger partial charge >= 0.3 is 0 Å². The molecule has 2 heterocycles. The Morgan fingerprint density at radius 3 is 3.00 bits per heavy atom. The highest BCUT2D eigenvalue weighted by Gasteiger charge is 2.31. The lowest BCUT2D eigenvalue weighted by molar-refractivity contribution is 0.206. The fourth-order valence-corrected chi connectivity index (χ4v) is 3.50. The standard InChI is InChI=1S/C11H17N3O3S/c1-2-7-18(15,16)14-6-3-10(9-14)17-11-8-12-4-5-13-11/h4-5,8,10H,2-3,6-7,9H2,1H3. The molecule has 100 valence electrons. The molecule has 1 fully saturated rings. The van der Waals surface area contributed by atoms with E-state index in [1.807, 2.05) is 6.92 Å². The van der Waals surface area contributed by atoms with Gasteiger partial charge in [0.15, 0.2) is 0 Å². The molecule has 18 heavy (non-hydrogen) atoms. The van der Waals surface area contributed by atoms with Crippen molar-refractivity contribution in [3.63, 3.8) is 0 Å². The predicted molar refractivity (Wildman–Crippen MR) is 66.7 cm³/mol. The Kier molecular flexibility index (Phi) is 4.13. The fourth-order valence-electron chi connectivity index (χ4n) is 1.95. The van der Waals surface area contributed by atoms with E-state index in [4.69, 9.17) is 4.74 Å². The third-order valence-corrected chi connectivity index (χ3v) is 4.83. The monoisotopic (exact) mass is 271 g/mol. The van der Waals surface area contributed by atoms with E-state index in [9.17, 15) is 8.42 Å². The van der Waals surface area contributed by atoms with Gasteiger partial charge < -0.3 is 4.74 Å². The summed E-state index contributed by atoms with van der Waals surface area (Å²) in [5.74, 6) is 0.641.